The zero-order valence-electron chi connectivity index (χ0n) is 11.8. The summed E-state index contributed by atoms with van der Waals surface area (Å²) < 4.78 is 0. The van der Waals surface area contributed by atoms with E-state index in [1.807, 2.05) is 0 Å². The van der Waals surface area contributed by atoms with Crippen LogP contribution in [0.3, 0.4) is 0 Å². The van der Waals surface area contributed by atoms with Gasteiger partial charge < -0.3 is 15.5 Å². The van der Waals surface area contributed by atoms with Crippen molar-refractivity contribution in [3.8, 4) is 5.75 Å². The maximum Gasteiger partial charge on any atom is 0.141 e. The highest BCUT2D eigenvalue weighted by Crippen LogP contribution is 2.28. The number of nitrogens with zero attached hydrogens (tertiary/aromatic N) is 1. The predicted molar refractivity (Wildman–Crippen MR) is 74.8 cm³/mol. The van der Waals surface area contributed by atoms with Crippen molar-refractivity contribution in [2.24, 2.45) is 5.92 Å². The summed E-state index contributed by atoms with van der Waals surface area (Å²) in [6.45, 7) is 4.48. The van der Waals surface area contributed by atoms with Gasteiger partial charge in [-0.3, -0.25) is 4.98 Å². The summed E-state index contributed by atoms with van der Waals surface area (Å²) in [5, 5.41) is 22.9. The van der Waals surface area contributed by atoms with Gasteiger partial charge in [0.05, 0.1) is 12.3 Å². The lowest BCUT2D eigenvalue weighted by Crippen LogP contribution is -2.32. The van der Waals surface area contributed by atoms with Crippen molar-refractivity contribution in [3.05, 3.63) is 23.0 Å². The monoisotopic (exact) mass is 264 g/mol. The van der Waals surface area contributed by atoms with Gasteiger partial charge in [-0.2, -0.15) is 0 Å². The van der Waals surface area contributed by atoms with Gasteiger partial charge in [0.1, 0.15) is 5.75 Å². The van der Waals surface area contributed by atoms with Crippen molar-refractivity contribution in [3.63, 3.8) is 0 Å². The molecule has 0 amide bonds. The Kier molecular flexibility index (Phi) is 4.77. The van der Waals surface area contributed by atoms with Crippen molar-refractivity contribution in [1.29, 1.82) is 0 Å². The highest BCUT2D eigenvalue weighted by molar-refractivity contribution is 5.40. The van der Waals surface area contributed by atoms with Crippen LogP contribution in [0.1, 0.15) is 49.4 Å². The van der Waals surface area contributed by atoms with Crippen LogP contribution in [-0.4, -0.2) is 21.2 Å². The molecule has 1 heterocycles. The number of aliphatic hydroxyl groups excluding tert-OH is 1. The summed E-state index contributed by atoms with van der Waals surface area (Å²) in [5.41, 5.74) is 2.09. The maximum atomic E-state index is 10.1. The van der Waals surface area contributed by atoms with Gasteiger partial charge in [0, 0.05) is 29.9 Å². The number of pyridine rings is 1. The van der Waals surface area contributed by atoms with E-state index in [1.165, 1.54) is 25.7 Å². The van der Waals surface area contributed by atoms with Gasteiger partial charge in [-0.1, -0.05) is 12.8 Å². The summed E-state index contributed by atoms with van der Waals surface area (Å²) in [6.07, 6.45) is 6.90. The van der Waals surface area contributed by atoms with Crippen LogP contribution >= 0.6 is 0 Å². The molecule has 0 aliphatic heterocycles. The molecule has 3 N–H and O–H groups in total. The number of aryl methyl sites for hydroxylation is 1. The summed E-state index contributed by atoms with van der Waals surface area (Å²) in [6, 6.07) is 0.446. The third-order valence-electron chi connectivity index (χ3n) is 4.31. The van der Waals surface area contributed by atoms with Gasteiger partial charge in [0.15, 0.2) is 0 Å². The van der Waals surface area contributed by atoms with Crippen LogP contribution < -0.4 is 5.32 Å². The second-order valence-corrected chi connectivity index (χ2v) is 5.57. The molecule has 1 unspecified atom stereocenters. The molecule has 1 aliphatic rings. The molecule has 1 fully saturated rings. The molecular formula is C15H24N2O2. The van der Waals surface area contributed by atoms with Gasteiger partial charge in [-0.15, -0.1) is 0 Å². The molecule has 19 heavy (non-hydrogen) atoms. The SMILES string of the molecule is Cc1ncc(CO)c(CNC(C)C2CCCC2)c1O. The van der Waals surface area contributed by atoms with Crippen LogP contribution in [-0.2, 0) is 13.2 Å². The van der Waals surface area contributed by atoms with Crippen LogP contribution in [0.25, 0.3) is 0 Å². The van der Waals surface area contributed by atoms with Crippen molar-refractivity contribution < 1.29 is 10.2 Å². The van der Waals surface area contributed by atoms with E-state index in [0.717, 1.165) is 11.5 Å². The normalized spacial score (nSPS) is 17.8. The average Bonchev–Trinajstić information content (AvgIpc) is 2.94. The number of aliphatic hydroxyl groups is 1. The van der Waals surface area contributed by atoms with E-state index in [1.54, 1.807) is 13.1 Å². The smallest absolute Gasteiger partial charge is 0.141 e. The fourth-order valence-corrected chi connectivity index (χ4v) is 2.90. The van der Waals surface area contributed by atoms with Gasteiger partial charge in [0.2, 0.25) is 0 Å². The molecule has 1 aromatic heterocycles. The number of aromatic nitrogens is 1. The average molecular weight is 264 g/mol. The Bertz CT molecular complexity index is 428. The predicted octanol–water partition coefficient (Wildman–Crippen LogP) is 2.26. The van der Waals surface area contributed by atoms with Gasteiger partial charge in [0.25, 0.3) is 0 Å². The Labute approximate surface area is 114 Å². The fourth-order valence-electron chi connectivity index (χ4n) is 2.90. The Hall–Kier alpha value is -1.13. The first-order valence-corrected chi connectivity index (χ1v) is 7.14. The molecule has 1 saturated carbocycles. The number of aromatic hydroxyl groups is 1. The second-order valence-electron chi connectivity index (χ2n) is 5.57. The van der Waals surface area contributed by atoms with E-state index in [2.05, 4.69) is 17.2 Å². The molecular weight excluding hydrogens is 240 g/mol. The van der Waals surface area contributed by atoms with Crippen molar-refractivity contribution in [2.45, 2.75) is 58.7 Å². The van der Waals surface area contributed by atoms with E-state index in [-0.39, 0.29) is 12.4 Å². The highest BCUT2D eigenvalue weighted by Gasteiger charge is 2.21. The summed E-state index contributed by atoms with van der Waals surface area (Å²) >= 11 is 0. The molecule has 0 aromatic carbocycles. The molecule has 4 heteroatoms. The minimum atomic E-state index is -0.0876. The topological polar surface area (TPSA) is 65.4 Å². The van der Waals surface area contributed by atoms with Crippen molar-refractivity contribution >= 4 is 0 Å². The van der Waals surface area contributed by atoms with Gasteiger partial charge >= 0.3 is 0 Å². The van der Waals surface area contributed by atoms with Crippen LogP contribution in [0.15, 0.2) is 6.20 Å². The van der Waals surface area contributed by atoms with Gasteiger partial charge in [-0.05, 0) is 32.6 Å². The fraction of sp³-hybridized carbons (Fsp3) is 0.667. The third-order valence-corrected chi connectivity index (χ3v) is 4.31. The molecule has 0 radical (unpaired) electrons. The van der Waals surface area contributed by atoms with Crippen LogP contribution in [0, 0.1) is 12.8 Å². The zero-order valence-corrected chi connectivity index (χ0v) is 11.8. The van der Waals surface area contributed by atoms with Crippen molar-refractivity contribution in [2.75, 3.05) is 0 Å². The summed E-state index contributed by atoms with van der Waals surface area (Å²) in [4.78, 5) is 4.08. The van der Waals surface area contributed by atoms with Crippen LogP contribution in [0.4, 0.5) is 0 Å². The maximum absolute atomic E-state index is 10.1. The first kappa shape index (κ1) is 14.3. The zero-order chi connectivity index (χ0) is 13.8. The third kappa shape index (κ3) is 3.25. The number of nitrogens with one attached hydrogen (secondary N) is 1. The lowest BCUT2D eigenvalue weighted by atomic mass is 9.99. The first-order chi connectivity index (χ1) is 9.13. The lowest BCUT2D eigenvalue weighted by Gasteiger charge is -2.21. The Balaban J connectivity index is 2.03. The number of hydrogen-bond donors (Lipinski definition) is 3. The van der Waals surface area contributed by atoms with E-state index in [0.29, 0.717) is 23.8 Å². The first-order valence-electron chi connectivity index (χ1n) is 7.14. The molecule has 0 spiro atoms. The lowest BCUT2D eigenvalue weighted by molar-refractivity contribution is 0.277. The Morgan fingerprint density at radius 2 is 2.11 bits per heavy atom. The van der Waals surface area contributed by atoms with Crippen LogP contribution in [0.5, 0.6) is 5.75 Å². The summed E-state index contributed by atoms with van der Waals surface area (Å²) in [5.74, 6) is 0.945. The van der Waals surface area contributed by atoms with E-state index >= 15 is 0 Å². The highest BCUT2D eigenvalue weighted by atomic mass is 16.3. The van der Waals surface area contributed by atoms with E-state index < -0.39 is 0 Å². The molecule has 0 saturated heterocycles. The molecule has 4 nitrogen and oxygen atoms in total. The Morgan fingerprint density at radius 3 is 2.74 bits per heavy atom. The standard InChI is InChI=1S/C15H24N2O2/c1-10(12-5-3-4-6-12)17-8-14-13(9-18)7-16-11(2)15(14)19/h7,10,12,17-19H,3-6,8-9H2,1-2H3. The largest absolute Gasteiger partial charge is 0.506 e. The second kappa shape index (κ2) is 6.35. The summed E-state index contributed by atoms with van der Waals surface area (Å²) in [7, 11) is 0. The quantitative estimate of drug-likeness (QED) is 0.763. The van der Waals surface area contributed by atoms with Gasteiger partial charge in [-0.25, -0.2) is 0 Å². The van der Waals surface area contributed by atoms with E-state index in [9.17, 15) is 10.2 Å². The molecule has 1 aromatic rings. The molecule has 1 aliphatic carbocycles. The van der Waals surface area contributed by atoms with Crippen molar-refractivity contribution in [1.82, 2.24) is 10.3 Å². The van der Waals surface area contributed by atoms with E-state index in [4.69, 9.17) is 0 Å². The minimum absolute atomic E-state index is 0.0876. The minimum Gasteiger partial charge on any atom is -0.506 e. The number of rotatable bonds is 5. The Morgan fingerprint density at radius 1 is 1.42 bits per heavy atom. The molecule has 106 valence electrons. The number of hydrogen-bond acceptors (Lipinski definition) is 4. The van der Waals surface area contributed by atoms with Crippen LogP contribution in [0.2, 0.25) is 0 Å². The molecule has 2 rings (SSSR count). The molecule has 1 atom stereocenters. The molecule has 0 bridgehead atoms.